The summed E-state index contributed by atoms with van der Waals surface area (Å²) in [5, 5.41) is 6.81. The van der Waals surface area contributed by atoms with E-state index in [1.165, 1.54) is 21.8 Å². The molecule has 0 N–H and O–H groups in total. The summed E-state index contributed by atoms with van der Waals surface area (Å²) < 4.78 is 48.7. The predicted molar refractivity (Wildman–Crippen MR) is 193 cm³/mol. The summed E-state index contributed by atoms with van der Waals surface area (Å²) in [6.07, 6.45) is 0. The summed E-state index contributed by atoms with van der Waals surface area (Å²) in [6, 6.07) is 43.2. The average molecular weight is 596 g/mol. The SMILES string of the molecule is [2H]c1c([2H])c([2H])c(-c2ccc3sc4cccc(-n5c6ccccc6c6cc(-n7c8ccccc8c8ccccc87)ccc65)c4c3c2)c([2H])c1[2H]. The van der Waals surface area contributed by atoms with Gasteiger partial charge >= 0.3 is 0 Å². The van der Waals surface area contributed by atoms with E-state index in [-0.39, 0.29) is 35.8 Å². The summed E-state index contributed by atoms with van der Waals surface area (Å²) in [7, 11) is 0. The predicted octanol–water partition coefficient (Wildman–Crippen LogP) is 11.9. The first kappa shape index (κ1) is 20.3. The molecular weight excluding hydrogens is 565 g/mol. The van der Waals surface area contributed by atoms with Crippen molar-refractivity contribution in [3.8, 4) is 22.5 Å². The number of fused-ring (bicyclic) bond motifs is 9. The highest BCUT2D eigenvalue weighted by Gasteiger charge is 2.19. The summed E-state index contributed by atoms with van der Waals surface area (Å²) in [4.78, 5) is 0. The molecule has 0 aliphatic carbocycles. The Hall–Kier alpha value is -5.64. The molecule has 0 unspecified atom stereocenters. The molecule has 0 amide bonds. The molecular formula is C42H26N2S. The van der Waals surface area contributed by atoms with Gasteiger partial charge in [0.2, 0.25) is 0 Å². The number of nitrogens with zero attached hydrogens (tertiary/aromatic N) is 2. The molecule has 0 saturated heterocycles. The standard InChI is InChI=1S/C42H26N2S/c1-2-11-27(12-3-1)28-21-24-40-34(25-28)42-39(19-10-20-41(42)45-40)44-37-18-9-6-15-32(37)33-26-29(22-23-38(33)44)43-35-16-7-4-13-30(35)31-14-5-8-17-36(31)43/h1-26H/i1D,2D,3D,11D,12D. The van der Waals surface area contributed by atoms with Crippen molar-refractivity contribution in [2.45, 2.75) is 0 Å². The Bertz CT molecular complexity index is 2980. The maximum absolute atomic E-state index is 8.63. The molecule has 0 saturated carbocycles. The monoisotopic (exact) mass is 595 g/mol. The Balaban J connectivity index is 1.25. The van der Waals surface area contributed by atoms with Crippen molar-refractivity contribution in [3.05, 3.63) is 158 Å². The summed E-state index contributed by atoms with van der Waals surface area (Å²) in [5.74, 6) is 0. The van der Waals surface area contributed by atoms with E-state index in [2.05, 4.69) is 118 Å². The molecule has 45 heavy (non-hydrogen) atoms. The van der Waals surface area contributed by atoms with E-state index in [4.69, 9.17) is 6.85 Å². The molecule has 3 heterocycles. The van der Waals surface area contributed by atoms with Crippen molar-refractivity contribution < 1.29 is 6.85 Å². The van der Waals surface area contributed by atoms with E-state index in [0.29, 0.717) is 5.56 Å². The van der Waals surface area contributed by atoms with Crippen LogP contribution in [-0.2, 0) is 0 Å². The van der Waals surface area contributed by atoms with E-state index in [9.17, 15) is 0 Å². The zero-order valence-corrected chi connectivity index (χ0v) is 24.7. The topological polar surface area (TPSA) is 9.86 Å². The van der Waals surface area contributed by atoms with E-state index in [0.717, 1.165) is 53.4 Å². The normalized spacial score (nSPS) is 13.6. The minimum atomic E-state index is -0.388. The lowest BCUT2D eigenvalue weighted by Gasteiger charge is -2.12. The molecule has 2 nitrogen and oxygen atoms in total. The average Bonchev–Trinajstić information content (AvgIpc) is 3.80. The number of benzene rings is 7. The Morgan fingerprint density at radius 1 is 0.444 bits per heavy atom. The molecule has 0 aliphatic rings. The summed E-state index contributed by atoms with van der Waals surface area (Å²) >= 11 is 1.69. The van der Waals surface area contributed by atoms with Crippen LogP contribution in [0.4, 0.5) is 0 Å². The van der Waals surface area contributed by atoms with Crippen LogP contribution in [0.15, 0.2) is 158 Å². The number of thiophene rings is 1. The van der Waals surface area contributed by atoms with Crippen molar-refractivity contribution in [2.24, 2.45) is 0 Å². The molecule has 0 bridgehead atoms. The van der Waals surface area contributed by atoms with Gasteiger partial charge in [0.05, 0.1) is 34.6 Å². The third-order valence-corrected chi connectivity index (χ3v) is 10.1. The Morgan fingerprint density at radius 2 is 1.09 bits per heavy atom. The quantitative estimate of drug-likeness (QED) is 0.192. The van der Waals surface area contributed by atoms with Crippen LogP contribution in [0.25, 0.3) is 86.3 Å². The second-order valence-electron chi connectivity index (χ2n) is 11.4. The Kier molecular flexibility index (Phi) is 4.26. The lowest BCUT2D eigenvalue weighted by atomic mass is 10.0. The van der Waals surface area contributed by atoms with Crippen LogP contribution in [0.2, 0.25) is 0 Å². The molecule has 0 atom stereocenters. The highest BCUT2D eigenvalue weighted by Crippen LogP contribution is 2.43. The molecule has 0 fully saturated rings. The van der Waals surface area contributed by atoms with Crippen LogP contribution in [0, 0.1) is 0 Å². The van der Waals surface area contributed by atoms with E-state index in [1.54, 1.807) is 11.3 Å². The van der Waals surface area contributed by atoms with Crippen molar-refractivity contribution in [1.82, 2.24) is 9.13 Å². The second-order valence-corrected chi connectivity index (χ2v) is 12.5. The maximum atomic E-state index is 8.63. The van der Waals surface area contributed by atoms with Gasteiger partial charge in [-0.15, -0.1) is 11.3 Å². The first-order chi connectivity index (χ1) is 24.4. The molecule has 3 heteroatoms. The minimum absolute atomic E-state index is 0.198. The van der Waals surface area contributed by atoms with Gasteiger partial charge in [0.25, 0.3) is 0 Å². The van der Waals surface area contributed by atoms with Crippen LogP contribution in [0.5, 0.6) is 0 Å². The largest absolute Gasteiger partial charge is 0.309 e. The fraction of sp³-hybridized carbons (Fsp3) is 0. The van der Waals surface area contributed by atoms with Crippen LogP contribution in [-0.4, -0.2) is 9.13 Å². The fourth-order valence-corrected chi connectivity index (χ4v) is 8.21. The van der Waals surface area contributed by atoms with Crippen molar-refractivity contribution in [1.29, 1.82) is 0 Å². The minimum Gasteiger partial charge on any atom is -0.309 e. The molecule has 0 aliphatic heterocycles. The van der Waals surface area contributed by atoms with Gasteiger partial charge in [0.1, 0.15) is 0 Å². The van der Waals surface area contributed by atoms with E-state index in [1.807, 2.05) is 18.2 Å². The smallest absolute Gasteiger partial charge is 0.0629 e. The highest BCUT2D eigenvalue weighted by atomic mass is 32.1. The second kappa shape index (κ2) is 9.43. The number of hydrogen-bond acceptors (Lipinski definition) is 1. The van der Waals surface area contributed by atoms with Crippen molar-refractivity contribution >= 4 is 75.1 Å². The lowest BCUT2D eigenvalue weighted by molar-refractivity contribution is 1.17. The van der Waals surface area contributed by atoms with Crippen LogP contribution >= 0.6 is 11.3 Å². The van der Waals surface area contributed by atoms with Crippen LogP contribution in [0.1, 0.15) is 6.85 Å². The Morgan fingerprint density at radius 3 is 1.82 bits per heavy atom. The first-order valence-corrected chi connectivity index (χ1v) is 15.8. The van der Waals surface area contributed by atoms with Gasteiger partial charge in [-0.3, -0.25) is 0 Å². The van der Waals surface area contributed by atoms with Gasteiger partial charge in [-0.25, -0.2) is 0 Å². The fourth-order valence-electron chi connectivity index (χ4n) is 7.10. The number of hydrogen-bond donors (Lipinski definition) is 0. The van der Waals surface area contributed by atoms with Crippen LogP contribution < -0.4 is 0 Å². The molecule has 10 rings (SSSR count). The summed E-state index contributed by atoms with van der Waals surface area (Å²) in [6.45, 7) is 0. The molecule has 7 aromatic carbocycles. The molecule has 0 radical (unpaired) electrons. The highest BCUT2D eigenvalue weighted by molar-refractivity contribution is 7.25. The molecule has 10 aromatic rings. The van der Waals surface area contributed by atoms with Gasteiger partial charge in [-0.1, -0.05) is 96.9 Å². The number of rotatable bonds is 3. The third kappa shape index (κ3) is 3.56. The number of aromatic nitrogens is 2. The van der Waals surface area contributed by atoms with Crippen LogP contribution in [0.3, 0.4) is 0 Å². The van der Waals surface area contributed by atoms with Gasteiger partial charge in [-0.05, 0) is 71.8 Å². The van der Waals surface area contributed by atoms with E-state index < -0.39 is 0 Å². The first-order valence-electron chi connectivity index (χ1n) is 17.5. The van der Waals surface area contributed by atoms with E-state index >= 15 is 0 Å². The number of para-hydroxylation sites is 3. The van der Waals surface area contributed by atoms with Crippen molar-refractivity contribution in [2.75, 3.05) is 0 Å². The van der Waals surface area contributed by atoms with Gasteiger partial charge in [0, 0.05) is 47.4 Å². The van der Waals surface area contributed by atoms with Crippen molar-refractivity contribution in [3.63, 3.8) is 0 Å². The molecule has 3 aromatic heterocycles. The molecule has 210 valence electrons. The Labute approximate surface area is 270 Å². The van der Waals surface area contributed by atoms with Gasteiger partial charge < -0.3 is 9.13 Å². The maximum Gasteiger partial charge on any atom is 0.0629 e. The lowest BCUT2D eigenvalue weighted by Crippen LogP contribution is -1.96. The van der Waals surface area contributed by atoms with Gasteiger partial charge in [0.15, 0.2) is 0 Å². The zero-order valence-electron chi connectivity index (χ0n) is 28.9. The third-order valence-electron chi connectivity index (χ3n) is 9.00. The van der Waals surface area contributed by atoms with Gasteiger partial charge in [-0.2, -0.15) is 0 Å². The summed E-state index contributed by atoms with van der Waals surface area (Å²) in [5.41, 5.74) is 7.46. The zero-order chi connectivity index (χ0) is 33.8. The molecule has 0 spiro atoms.